The van der Waals surface area contributed by atoms with Gasteiger partial charge < -0.3 is 153 Å². The van der Waals surface area contributed by atoms with E-state index in [9.17, 15) is 91.9 Å². The van der Waals surface area contributed by atoms with Crippen molar-refractivity contribution in [3.8, 4) is 0 Å². The van der Waals surface area contributed by atoms with Gasteiger partial charge in [0.25, 0.3) is 0 Å². The Morgan fingerprint density at radius 2 is 0.905 bits per heavy atom. The molecule has 0 amide bonds. The first-order chi connectivity index (χ1) is 44.7. The van der Waals surface area contributed by atoms with Crippen molar-refractivity contribution in [3.05, 3.63) is 0 Å². The zero-order valence-electron chi connectivity index (χ0n) is 54.9. The van der Waals surface area contributed by atoms with Crippen molar-refractivity contribution in [2.24, 2.45) is 50.2 Å². The molecule has 0 radical (unpaired) electrons. The predicted octanol–water partition coefficient (Wildman–Crippen LogP) is -5.42. The molecule has 5 aliphatic carbocycles. The third-order valence-electron chi connectivity index (χ3n) is 26.1. The summed E-state index contributed by atoms with van der Waals surface area (Å²) in [6, 6.07) is 0. The average molecular weight is 1370 g/mol. The van der Waals surface area contributed by atoms with Gasteiger partial charge in [-0.3, -0.25) is 0 Å². The van der Waals surface area contributed by atoms with Crippen molar-refractivity contribution < 1.29 is 153 Å². The van der Waals surface area contributed by atoms with Gasteiger partial charge in [0.2, 0.25) is 0 Å². The topological polar surface area (TPSA) is 484 Å². The van der Waals surface area contributed by atoms with Crippen molar-refractivity contribution >= 4 is 0 Å². The average Bonchev–Trinajstić information content (AvgIpc) is 1.21. The monoisotopic (exact) mass is 1370 g/mol. The summed E-state index contributed by atoms with van der Waals surface area (Å²) >= 11 is 0. The molecule has 7 saturated heterocycles. The lowest BCUT2D eigenvalue weighted by Gasteiger charge is -2.75. The van der Waals surface area contributed by atoms with Crippen LogP contribution in [0.3, 0.4) is 0 Å². The second-order valence-corrected chi connectivity index (χ2v) is 31.8. The summed E-state index contributed by atoms with van der Waals surface area (Å²) in [5.74, 6) is 0.564. The van der Waals surface area contributed by atoms with Gasteiger partial charge in [0, 0.05) is 10.8 Å². The Kier molecular flexibility index (Phi) is 21.0. The summed E-state index contributed by atoms with van der Waals surface area (Å²) in [7, 11) is 0. The minimum atomic E-state index is -2.21. The predicted molar refractivity (Wildman–Crippen MR) is 315 cm³/mol. The summed E-state index contributed by atoms with van der Waals surface area (Å²) in [5.41, 5.74) is -1.83. The van der Waals surface area contributed by atoms with Gasteiger partial charge in [-0.15, -0.1) is 0 Å². The lowest BCUT2D eigenvalue weighted by Crippen LogP contribution is -2.74. The van der Waals surface area contributed by atoms with E-state index in [0.717, 1.165) is 51.4 Å². The molecular weight excluding hydrogens is 1260 g/mol. The van der Waals surface area contributed by atoms with E-state index in [-0.39, 0.29) is 50.4 Å². The Labute approximate surface area is 550 Å². The van der Waals surface area contributed by atoms with Crippen LogP contribution >= 0.6 is 0 Å². The van der Waals surface area contributed by atoms with Gasteiger partial charge in [-0.2, -0.15) is 0 Å². The Bertz CT molecular complexity index is 2610. The Hall–Kier alpha value is -1.24. The van der Waals surface area contributed by atoms with E-state index in [4.69, 9.17) is 61.6 Å². The molecule has 0 unspecified atom stereocenters. The summed E-state index contributed by atoms with van der Waals surface area (Å²) < 4.78 is 80.8. The van der Waals surface area contributed by atoms with Crippen molar-refractivity contribution in [1.82, 2.24) is 0 Å². The van der Waals surface area contributed by atoms with Crippen molar-refractivity contribution in [1.29, 1.82) is 0 Å². The van der Waals surface area contributed by atoms with E-state index in [1.807, 2.05) is 0 Å². The van der Waals surface area contributed by atoms with Gasteiger partial charge in [0.1, 0.15) is 134 Å². The molecule has 7 aliphatic heterocycles. The Morgan fingerprint density at radius 1 is 0.389 bits per heavy atom. The lowest BCUT2D eigenvalue weighted by atomic mass is 9.30. The van der Waals surface area contributed by atoms with Gasteiger partial charge in [0.15, 0.2) is 37.7 Å². The smallest absolute Gasteiger partial charge is 0.187 e. The molecule has 0 aromatic carbocycles. The van der Waals surface area contributed by atoms with E-state index in [2.05, 4.69) is 48.5 Å². The van der Waals surface area contributed by atoms with E-state index >= 15 is 0 Å². The molecule has 12 fully saturated rings. The van der Waals surface area contributed by atoms with Crippen molar-refractivity contribution in [3.63, 3.8) is 0 Å². The largest absolute Gasteiger partial charge is 0.394 e. The highest BCUT2D eigenvalue weighted by Gasteiger charge is 2.80. The first kappa shape index (κ1) is 73.5. The van der Waals surface area contributed by atoms with Crippen LogP contribution in [0, 0.1) is 50.2 Å². The van der Waals surface area contributed by atoms with E-state index in [1.165, 1.54) is 0 Å². The second-order valence-electron chi connectivity index (χ2n) is 31.8. The minimum absolute atomic E-state index is 0.0755. The zero-order valence-corrected chi connectivity index (χ0v) is 54.9. The molecule has 548 valence electrons. The van der Waals surface area contributed by atoms with Crippen LogP contribution in [0.25, 0.3) is 0 Å². The molecule has 31 nitrogen and oxygen atoms in total. The number of aliphatic hydroxyl groups excluding tert-OH is 18. The molecule has 5 saturated carbocycles. The number of aliphatic hydroxyl groups is 18. The molecule has 18 N–H and O–H groups in total. The van der Waals surface area contributed by atoms with Crippen LogP contribution in [0.1, 0.15) is 113 Å². The first-order valence-electron chi connectivity index (χ1n) is 34.1. The van der Waals surface area contributed by atoms with Crippen molar-refractivity contribution in [2.45, 2.75) is 303 Å². The Balaban J connectivity index is 0.819. The van der Waals surface area contributed by atoms with Crippen molar-refractivity contribution in [2.75, 3.05) is 46.2 Å². The zero-order chi connectivity index (χ0) is 68.8. The minimum Gasteiger partial charge on any atom is -0.394 e. The number of fused-ring (bicyclic) bond motifs is 4. The molecule has 12 aliphatic rings. The van der Waals surface area contributed by atoms with E-state index < -0.39 is 229 Å². The number of ether oxygens (including phenoxy) is 13. The van der Waals surface area contributed by atoms with Crippen LogP contribution in [0.2, 0.25) is 0 Å². The molecule has 7 heterocycles. The molecule has 2 bridgehead atoms. The van der Waals surface area contributed by atoms with Gasteiger partial charge in [-0.05, 0) is 104 Å². The van der Waals surface area contributed by atoms with E-state index in [1.54, 1.807) is 0 Å². The maximum atomic E-state index is 12.8. The normalized spacial score (nSPS) is 56.7. The van der Waals surface area contributed by atoms with Crippen LogP contribution in [0.5, 0.6) is 0 Å². The van der Waals surface area contributed by atoms with Crippen LogP contribution < -0.4 is 0 Å². The van der Waals surface area contributed by atoms with Gasteiger partial charge in [0.05, 0.1) is 64.1 Å². The SMILES string of the molecule is CC1(C)CC[C@]23CO[C@@]4(CC[C@@H]5[C@]6(C)CC[C@H](O[C@@H]7OC[C@H](O[C@@H]8O[C@H](CO)[C@@H](O)[C@H](O[C@@H]9O[C@H](CO)[C@@H](O)[C@H](O[C@@H]%10O[C@H](CO)[C@H](O)[C@H](O)[C@H]%10O)[C@H]9O)[C@H]8O[C@@H]8OC[C@H](O)[C@@H](O)[C@H]8O)[C@H](O)[C@H]7O[C@@H]7O[C@H](CO)[C@H](O)[C@H](O)[C@H]7O)C(C)(C)[C@@H]6CC[C@@]5(C)[C@]4(C)C[C@H]2O)[C@@H]3C1. The summed E-state index contributed by atoms with van der Waals surface area (Å²) in [4.78, 5) is 0. The second kappa shape index (κ2) is 27.1. The summed E-state index contributed by atoms with van der Waals surface area (Å²) in [6.45, 7) is 11.9. The molecule has 38 atom stereocenters. The highest BCUT2D eigenvalue weighted by Crippen LogP contribution is 2.80. The van der Waals surface area contributed by atoms with Gasteiger partial charge >= 0.3 is 0 Å². The molecule has 95 heavy (non-hydrogen) atoms. The fourth-order valence-electron chi connectivity index (χ4n) is 20.4. The lowest BCUT2D eigenvalue weighted by molar-refractivity contribution is -0.408. The number of hydrogen-bond acceptors (Lipinski definition) is 31. The highest BCUT2D eigenvalue weighted by atomic mass is 16.8. The van der Waals surface area contributed by atoms with Gasteiger partial charge in [-0.25, -0.2) is 0 Å². The molecule has 1 spiro atoms. The summed E-state index contributed by atoms with van der Waals surface area (Å²) in [6.07, 6.45) is -45.1. The van der Waals surface area contributed by atoms with E-state index in [0.29, 0.717) is 19.4 Å². The highest BCUT2D eigenvalue weighted by molar-refractivity contribution is 5.28. The molecular formula is C64H106O31. The number of rotatable bonds is 16. The fourth-order valence-corrected chi connectivity index (χ4v) is 20.4. The van der Waals surface area contributed by atoms with Crippen LogP contribution in [0.4, 0.5) is 0 Å². The molecule has 31 heteroatoms. The fraction of sp³-hybridized carbons (Fsp3) is 1.00. The summed E-state index contributed by atoms with van der Waals surface area (Å²) in [5, 5.41) is 199. The molecule has 0 aromatic rings. The standard InChI is InChI=1S/C64H106O31/c1-58(2)14-15-63-24-85-64(33(63)16-58)13-9-32-60(5)11-10-35(59(3,4)31(60)8-12-61(32,6)62(64,7)17-34(63)70)91-56-50(94-54-46(81)43(78)38(73)27(19-66)87-54)41(76)30(23-84-56)90-57-51(95-52-44(79)36(71)25(69)22-83-52)49(40(75)29(21-68)89-57)93-55-47(82)48(39(74)28(20-67)88-55)92-53-45(80)42(77)37(72)26(18-65)86-53/h25-57,65-82H,8-24H2,1-7H3/t25-,26+,27+,28+,29+,30-,31-,32+,33+,34+,35-,36+,37-,38-,39+,40+,41-,42-,43-,44+,45+,46+,47+,48-,49-,50+,51+,52-,53-,54-,55-,56-,57-,60+,61+,62-,63+,64-/m0/s1. The number of hydrogen-bond donors (Lipinski definition) is 18. The molecule has 12 rings (SSSR count). The third kappa shape index (κ3) is 12.0. The maximum absolute atomic E-state index is 12.8. The molecule has 0 aromatic heterocycles. The van der Waals surface area contributed by atoms with Crippen LogP contribution in [-0.2, 0) is 61.6 Å². The Morgan fingerprint density at radius 3 is 1.52 bits per heavy atom. The quantitative estimate of drug-likeness (QED) is 0.0641. The van der Waals surface area contributed by atoms with Crippen LogP contribution in [-0.4, -0.2) is 328 Å². The van der Waals surface area contributed by atoms with Crippen LogP contribution in [0.15, 0.2) is 0 Å². The third-order valence-corrected chi connectivity index (χ3v) is 26.1. The maximum Gasteiger partial charge on any atom is 0.187 e. The first-order valence-corrected chi connectivity index (χ1v) is 34.1. The van der Waals surface area contributed by atoms with Gasteiger partial charge in [-0.1, -0.05) is 48.5 Å².